The van der Waals surface area contributed by atoms with Crippen molar-refractivity contribution in [1.82, 2.24) is 0 Å². The molecule has 1 unspecified atom stereocenters. The average molecular weight is 709 g/mol. The van der Waals surface area contributed by atoms with Crippen molar-refractivity contribution in [3.63, 3.8) is 0 Å². The Balaban J connectivity index is 4.27. The Hall–Kier alpha value is -2.55. The number of carbonyl (C=O) groups excluding carboxylic acids is 2. The summed E-state index contributed by atoms with van der Waals surface area (Å²) in [5.74, 6) is -1.17. The Labute approximate surface area is 296 Å². The van der Waals surface area contributed by atoms with E-state index in [0.717, 1.165) is 51.4 Å². The first kappa shape index (κ1) is 46.5. The number of phosphoric ester groups is 1. The molecule has 280 valence electrons. The fourth-order valence-corrected chi connectivity index (χ4v) is 4.96. The van der Waals surface area contributed by atoms with Crippen molar-refractivity contribution >= 4 is 19.8 Å². The minimum atomic E-state index is -4.82. The van der Waals surface area contributed by atoms with E-state index in [2.05, 4.69) is 67.0 Å². The van der Waals surface area contributed by atoms with Crippen molar-refractivity contribution < 1.29 is 43.0 Å². The number of allylic oxidation sites excluding steroid dienone is 11. The van der Waals surface area contributed by atoms with Crippen LogP contribution < -0.4 is 0 Å². The molecular weight excluding hydrogens is 643 g/mol. The van der Waals surface area contributed by atoms with Gasteiger partial charge in [0.25, 0.3) is 0 Å². The second-order valence-electron chi connectivity index (χ2n) is 12.0. The van der Waals surface area contributed by atoms with Gasteiger partial charge in [-0.2, -0.15) is 0 Å². The molecule has 0 amide bonds. The molecule has 10 heteroatoms. The topological polar surface area (TPSA) is 140 Å². The van der Waals surface area contributed by atoms with E-state index in [4.69, 9.17) is 19.3 Å². The molecule has 0 spiro atoms. The normalized spacial score (nSPS) is 14.0. The molecule has 0 fully saturated rings. The Morgan fingerprint density at radius 2 is 1.14 bits per heavy atom. The molecule has 0 radical (unpaired) electrons. The van der Waals surface area contributed by atoms with Crippen LogP contribution in [0.15, 0.2) is 72.9 Å². The lowest BCUT2D eigenvalue weighted by atomic mass is 10.1. The van der Waals surface area contributed by atoms with Crippen LogP contribution in [-0.2, 0) is 28.2 Å². The third-order valence-corrected chi connectivity index (χ3v) is 7.84. The number of unbranched alkanes of at least 4 members (excludes halogenated alkanes) is 10. The largest absolute Gasteiger partial charge is 0.469 e. The van der Waals surface area contributed by atoms with Crippen molar-refractivity contribution in [3.8, 4) is 0 Å². The Bertz CT molecular complexity index is 1040. The van der Waals surface area contributed by atoms with E-state index < -0.39 is 38.6 Å². The molecule has 3 N–H and O–H groups in total. The zero-order valence-corrected chi connectivity index (χ0v) is 31.1. The summed E-state index contributed by atoms with van der Waals surface area (Å²) in [6.07, 6.45) is 39.6. The van der Waals surface area contributed by atoms with Gasteiger partial charge in [0.2, 0.25) is 0 Å². The van der Waals surface area contributed by atoms with Gasteiger partial charge in [-0.05, 0) is 44.9 Å². The summed E-state index contributed by atoms with van der Waals surface area (Å²) < 4.78 is 26.1. The average Bonchev–Trinajstić information content (AvgIpc) is 3.06. The lowest BCUT2D eigenvalue weighted by Crippen LogP contribution is -2.29. The van der Waals surface area contributed by atoms with Crippen LogP contribution in [0.25, 0.3) is 0 Å². The number of hydrogen-bond acceptors (Lipinski definition) is 7. The second kappa shape index (κ2) is 33.9. The van der Waals surface area contributed by atoms with E-state index >= 15 is 0 Å². The predicted octanol–water partition coefficient (Wildman–Crippen LogP) is 9.70. The van der Waals surface area contributed by atoms with Gasteiger partial charge >= 0.3 is 19.8 Å². The SMILES string of the molecule is CC/C=C\C/C=C\C/C=C\C/C=C\C/C=C\C=C/C(O)CCC(=O)O[C@H](COC(=O)CCCCCCCCCCCCC)COP(=O)(O)O. The summed E-state index contributed by atoms with van der Waals surface area (Å²) in [6, 6.07) is 0. The van der Waals surface area contributed by atoms with Crippen LogP contribution in [0.4, 0.5) is 0 Å². The first-order chi connectivity index (χ1) is 23.7. The minimum Gasteiger partial charge on any atom is -0.462 e. The van der Waals surface area contributed by atoms with Crippen LogP contribution in [0.1, 0.15) is 136 Å². The second-order valence-corrected chi connectivity index (χ2v) is 13.3. The summed E-state index contributed by atoms with van der Waals surface area (Å²) in [7, 11) is -4.82. The summed E-state index contributed by atoms with van der Waals surface area (Å²) >= 11 is 0. The summed E-state index contributed by atoms with van der Waals surface area (Å²) in [5, 5.41) is 10.2. The Morgan fingerprint density at radius 1 is 0.633 bits per heavy atom. The van der Waals surface area contributed by atoms with Gasteiger partial charge in [-0.1, -0.05) is 151 Å². The Morgan fingerprint density at radius 3 is 1.67 bits per heavy atom. The fraction of sp³-hybridized carbons (Fsp3) is 0.641. The smallest absolute Gasteiger partial charge is 0.462 e. The van der Waals surface area contributed by atoms with Crippen molar-refractivity contribution in [2.24, 2.45) is 0 Å². The van der Waals surface area contributed by atoms with Crippen molar-refractivity contribution in [3.05, 3.63) is 72.9 Å². The molecule has 0 saturated carbocycles. The number of esters is 2. The summed E-state index contributed by atoms with van der Waals surface area (Å²) in [4.78, 5) is 42.6. The number of aliphatic hydroxyl groups excluding tert-OH is 1. The molecular formula is C39H65O9P. The van der Waals surface area contributed by atoms with Gasteiger partial charge in [-0.3, -0.25) is 14.1 Å². The molecule has 0 rings (SSSR count). The van der Waals surface area contributed by atoms with Crippen LogP contribution in [0.2, 0.25) is 0 Å². The molecule has 0 aliphatic heterocycles. The van der Waals surface area contributed by atoms with Crippen LogP contribution in [-0.4, -0.2) is 52.3 Å². The number of phosphoric acid groups is 1. The maximum atomic E-state index is 12.4. The van der Waals surface area contributed by atoms with Crippen molar-refractivity contribution in [2.45, 2.75) is 148 Å². The van der Waals surface area contributed by atoms with E-state index in [1.807, 2.05) is 12.2 Å². The van der Waals surface area contributed by atoms with E-state index in [1.54, 1.807) is 12.2 Å². The van der Waals surface area contributed by atoms with E-state index in [9.17, 15) is 19.3 Å². The lowest BCUT2D eigenvalue weighted by molar-refractivity contribution is -0.161. The Kier molecular flexibility index (Phi) is 32.2. The van der Waals surface area contributed by atoms with Gasteiger partial charge in [0, 0.05) is 12.8 Å². The van der Waals surface area contributed by atoms with Gasteiger partial charge < -0.3 is 24.4 Å². The molecule has 0 bridgehead atoms. The number of aliphatic hydroxyl groups is 1. The van der Waals surface area contributed by atoms with Gasteiger partial charge in [-0.25, -0.2) is 4.57 Å². The number of hydrogen-bond donors (Lipinski definition) is 3. The number of rotatable bonds is 32. The molecule has 0 aromatic rings. The standard InChI is InChI=1S/C39H65O9P/c1-3-5-7-9-11-13-15-16-17-18-19-21-22-24-26-28-30-36(40)32-33-39(42)48-37(35-47-49(43,44)45)34-46-38(41)31-29-27-25-23-20-14-12-10-8-6-4-2/h5,7,11,13,16-17,19,21,24,26,28,30,36-37,40H,3-4,6,8-10,12,14-15,18,20,22-23,25,27,29,31-35H2,1-2H3,(H2,43,44,45)/b7-5-,13-11-,17-16-,21-19-,26-24-,30-28-/t36?,37-/m1/s1. The molecule has 2 atom stereocenters. The number of ether oxygens (including phenoxy) is 2. The number of carbonyl (C=O) groups is 2. The van der Waals surface area contributed by atoms with Crippen LogP contribution in [0.3, 0.4) is 0 Å². The third kappa shape index (κ3) is 36.6. The summed E-state index contributed by atoms with van der Waals surface area (Å²) in [6.45, 7) is 3.33. The monoisotopic (exact) mass is 708 g/mol. The van der Waals surface area contributed by atoms with Gasteiger partial charge in [0.05, 0.1) is 12.7 Å². The van der Waals surface area contributed by atoms with Crippen molar-refractivity contribution in [2.75, 3.05) is 13.2 Å². The molecule has 0 aliphatic rings. The van der Waals surface area contributed by atoms with Gasteiger partial charge in [0.15, 0.2) is 6.10 Å². The predicted molar refractivity (Wildman–Crippen MR) is 199 cm³/mol. The maximum Gasteiger partial charge on any atom is 0.469 e. The lowest BCUT2D eigenvalue weighted by Gasteiger charge is -2.18. The molecule has 9 nitrogen and oxygen atoms in total. The zero-order chi connectivity index (χ0) is 36.3. The van der Waals surface area contributed by atoms with Gasteiger partial charge in [0.1, 0.15) is 6.61 Å². The third-order valence-electron chi connectivity index (χ3n) is 7.36. The first-order valence-electron chi connectivity index (χ1n) is 18.3. The first-order valence-corrected chi connectivity index (χ1v) is 19.9. The molecule has 0 heterocycles. The van der Waals surface area contributed by atoms with Crippen LogP contribution >= 0.6 is 7.82 Å². The molecule has 0 saturated heterocycles. The van der Waals surface area contributed by atoms with E-state index in [1.165, 1.54) is 44.9 Å². The highest BCUT2D eigenvalue weighted by Crippen LogP contribution is 2.35. The highest BCUT2D eigenvalue weighted by Gasteiger charge is 2.23. The molecule has 0 aromatic carbocycles. The van der Waals surface area contributed by atoms with E-state index in [0.29, 0.717) is 6.42 Å². The van der Waals surface area contributed by atoms with Crippen LogP contribution in [0.5, 0.6) is 0 Å². The molecule has 0 aliphatic carbocycles. The van der Waals surface area contributed by atoms with Crippen molar-refractivity contribution in [1.29, 1.82) is 0 Å². The van der Waals surface area contributed by atoms with Crippen LogP contribution in [0, 0.1) is 0 Å². The molecule has 49 heavy (non-hydrogen) atoms. The summed E-state index contributed by atoms with van der Waals surface area (Å²) in [5.41, 5.74) is 0. The zero-order valence-electron chi connectivity index (χ0n) is 30.2. The molecule has 0 aromatic heterocycles. The van der Waals surface area contributed by atoms with Gasteiger partial charge in [-0.15, -0.1) is 0 Å². The highest BCUT2D eigenvalue weighted by molar-refractivity contribution is 7.46. The minimum absolute atomic E-state index is 0.0881. The van der Waals surface area contributed by atoms with E-state index in [-0.39, 0.29) is 25.9 Å². The quantitative estimate of drug-likeness (QED) is 0.0205. The fourth-order valence-electron chi connectivity index (χ4n) is 4.60. The maximum absolute atomic E-state index is 12.4. The highest BCUT2D eigenvalue weighted by atomic mass is 31.2.